The quantitative estimate of drug-likeness (QED) is 0.787. The van der Waals surface area contributed by atoms with E-state index in [-0.39, 0.29) is 11.6 Å². The Morgan fingerprint density at radius 3 is 2.67 bits per heavy atom. The minimum absolute atomic E-state index is 0.0742. The molecule has 1 atom stereocenters. The van der Waals surface area contributed by atoms with Crippen LogP contribution in [0.2, 0.25) is 0 Å². The molecule has 1 aliphatic rings. The van der Waals surface area contributed by atoms with E-state index in [1.165, 1.54) is 6.42 Å². The Morgan fingerprint density at radius 2 is 2.10 bits per heavy atom. The Bertz CT molecular complexity index is 455. The molecule has 1 unspecified atom stereocenters. The second kappa shape index (κ2) is 7.32. The minimum atomic E-state index is -0.771. The zero-order chi connectivity index (χ0) is 15.3. The number of ether oxygens (including phenoxy) is 1. The van der Waals surface area contributed by atoms with Crippen molar-refractivity contribution >= 4 is 0 Å². The molecule has 0 aromatic heterocycles. The molecule has 0 amide bonds. The van der Waals surface area contributed by atoms with Crippen molar-refractivity contribution in [2.24, 2.45) is 0 Å². The minimum Gasteiger partial charge on any atom is -0.378 e. The third-order valence-corrected chi connectivity index (χ3v) is 4.50. The Kier molecular flexibility index (Phi) is 5.71. The first kappa shape index (κ1) is 16.4. The fourth-order valence-corrected chi connectivity index (χ4v) is 3.05. The Balaban J connectivity index is 2.06. The van der Waals surface area contributed by atoms with Gasteiger partial charge in [-0.15, -0.1) is 0 Å². The van der Waals surface area contributed by atoms with Crippen LogP contribution in [0.25, 0.3) is 0 Å². The maximum absolute atomic E-state index is 13.9. The van der Waals surface area contributed by atoms with Gasteiger partial charge in [0.05, 0.1) is 5.60 Å². The highest BCUT2D eigenvalue weighted by Gasteiger charge is 2.39. The van der Waals surface area contributed by atoms with Crippen LogP contribution in [0.5, 0.6) is 0 Å². The second-order valence-corrected chi connectivity index (χ2v) is 6.01. The monoisotopic (exact) mass is 297 g/mol. The number of methoxy groups -OCH3 is 1. The lowest BCUT2D eigenvalue weighted by Crippen LogP contribution is -2.46. The van der Waals surface area contributed by atoms with Gasteiger partial charge in [0.1, 0.15) is 0 Å². The first-order valence-corrected chi connectivity index (χ1v) is 7.81. The molecule has 2 nitrogen and oxygen atoms in total. The van der Waals surface area contributed by atoms with Gasteiger partial charge >= 0.3 is 0 Å². The molecule has 0 bridgehead atoms. The number of hydrogen-bond acceptors (Lipinski definition) is 2. The van der Waals surface area contributed by atoms with Crippen LogP contribution >= 0.6 is 0 Å². The van der Waals surface area contributed by atoms with Gasteiger partial charge < -0.3 is 10.1 Å². The van der Waals surface area contributed by atoms with Crippen molar-refractivity contribution in [3.8, 4) is 0 Å². The highest BCUT2D eigenvalue weighted by molar-refractivity contribution is 5.20. The molecule has 118 valence electrons. The summed E-state index contributed by atoms with van der Waals surface area (Å²) in [6.07, 6.45) is 5.65. The standard InChI is InChI=1S/C17H25F2NO/c1-3-10-20-14(12-17(21-2)8-5-9-17)11-13-6-4-7-15(18)16(13)19/h4,6-7,14,20H,3,5,8-12H2,1-2H3. The summed E-state index contributed by atoms with van der Waals surface area (Å²) in [6.45, 7) is 2.98. The molecule has 0 aliphatic heterocycles. The van der Waals surface area contributed by atoms with E-state index in [1.54, 1.807) is 19.2 Å². The molecule has 1 fully saturated rings. The first-order chi connectivity index (χ1) is 10.1. The molecule has 21 heavy (non-hydrogen) atoms. The van der Waals surface area contributed by atoms with E-state index in [2.05, 4.69) is 12.2 Å². The summed E-state index contributed by atoms with van der Waals surface area (Å²) in [6, 6.07) is 4.51. The SMILES string of the molecule is CCCNC(Cc1cccc(F)c1F)CC1(OC)CCC1. The molecule has 0 saturated heterocycles. The van der Waals surface area contributed by atoms with Crippen LogP contribution in [0.1, 0.15) is 44.6 Å². The summed E-state index contributed by atoms with van der Waals surface area (Å²) in [5.41, 5.74) is 0.365. The van der Waals surface area contributed by atoms with Crippen LogP contribution in [0.3, 0.4) is 0 Å². The largest absolute Gasteiger partial charge is 0.378 e. The summed E-state index contributed by atoms with van der Waals surface area (Å²) < 4.78 is 32.9. The van der Waals surface area contributed by atoms with Crippen molar-refractivity contribution in [1.29, 1.82) is 0 Å². The fourth-order valence-electron chi connectivity index (χ4n) is 3.05. The molecule has 0 spiro atoms. The molecular formula is C17H25F2NO. The van der Waals surface area contributed by atoms with Gasteiger partial charge in [0.15, 0.2) is 11.6 Å². The second-order valence-electron chi connectivity index (χ2n) is 6.01. The van der Waals surface area contributed by atoms with Crippen molar-refractivity contribution in [3.05, 3.63) is 35.4 Å². The van der Waals surface area contributed by atoms with Crippen LogP contribution in [0.15, 0.2) is 18.2 Å². The predicted octanol–water partition coefficient (Wildman–Crippen LogP) is 3.83. The average Bonchev–Trinajstić information content (AvgIpc) is 2.44. The molecule has 1 N–H and O–H groups in total. The number of halogens is 2. The lowest BCUT2D eigenvalue weighted by molar-refractivity contribution is -0.0834. The van der Waals surface area contributed by atoms with Gasteiger partial charge in [0.25, 0.3) is 0 Å². The van der Waals surface area contributed by atoms with Crippen LogP contribution in [-0.2, 0) is 11.2 Å². The number of benzene rings is 1. The highest BCUT2D eigenvalue weighted by atomic mass is 19.2. The van der Waals surface area contributed by atoms with Gasteiger partial charge in [-0.2, -0.15) is 0 Å². The molecule has 4 heteroatoms. The van der Waals surface area contributed by atoms with Crippen LogP contribution < -0.4 is 5.32 Å². The molecule has 1 saturated carbocycles. The Hall–Kier alpha value is -1.00. The Morgan fingerprint density at radius 1 is 1.33 bits per heavy atom. The summed E-state index contributed by atoms with van der Waals surface area (Å²) in [5.74, 6) is -1.49. The molecule has 2 rings (SSSR count). The van der Waals surface area contributed by atoms with Crippen LogP contribution in [0.4, 0.5) is 8.78 Å². The van der Waals surface area contributed by atoms with Gasteiger partial charge in [0.2, 0.25) is 0 Å². The predicted molar refractivity (Wildman–Crippen MR) is 80.4 cm³/mol. The van der Waals surface area contributed by atoms with Crippen molar-refractivity contribution in [2.75, 3.05) is 13.7 Å². The maximum atomic E-state index is 13.9. The third-order valence-electron chi connectivity index (χ3n) is 4.50. The average molecular weight is 297 g/mol. The van der Waals surface area contributed by atoms with Crippen LogP contribution in [-0.4, -0.2) is 25.3 Å². The van der Waals surface area contributed by atoms with E-state index in [4.69, 9.17) is 4.74 Å². The van der Waals surface area contributed by atoms with Crippen molar-refractivity contribution in [1.82, 2.24) is 5.32 Å². The normalized spacial score (nSPS) is 18.3. The number of rotatable bonds is 8. The van der Waals surface area contributed by atoms with Gasteiger partial charge in [-0.3, -0.25) is 0 Å². The van der Waals surface area contributed by atoms with Gasteiger partial charge in [0, 0.05) is 13.2 Å². The van der Waals surface area contributed by atoms with Crippen molar-refractivity contribution in [3.63, 3.8) is 0 Å². The van der Waals surface area contributed by atoms with Crippen molar-refractivity contribution in [2.45, 2.75) is 57.1 Å². The topological polar surface area (TPSA) is 21.3 Å². The van der Waals surface area contributed by atoms with E-state index in [0.29, 0.717) is 12.0 Å². The Labute approximate surface area is 125 Å². The zero-order valence-corrected chi connectivity index (χ0v) is 12.9. The lowest BCUT2D eigenvalue weighted by Gasteiger charge is -2.43. The molecule has 1 aromatic rings. The molecule has 0 heterocycles. The zero-order valence-electron chi connectivity index (χ0n) is 12.9. The summed E-state index contributed by atoms with van der Waals surface area (Å²) in [7, 11) is 1.75. The van der Waals surface area contributed by atoms with E-state index in [1.807, 2.05) is 0 Å². The number of hydrogen-bond donors (Lipinski definition) is 1. The van der Waals surface area contributed by atoms with E-state index in [0.717, 1.165) is 38.3 Å². The highest BCUT2D eigenvalue weighted by Crippen LogP contribution is 2.39. The van der Waals surface area contributed by atoms with Gasteiger partial charge in [-0.25, -0.2) is 8.78 Å². The van der Waals surface area contributed by atoms with Crippen molar-refractivity contribution < 1.29 is 13.5 Å². The van der Waals surface area contributed by atoms with E-state index >= 15 is 0 Å². The molecule has 1 aliphatic carbocycles. The molecule has 1 aromatic carbocycles. The van der Waals surface area contributed by atoms with E-state index in [9.17, 15) is 8.78 Å². The maximum Gasteiger partial charge on any atom is 0.162 e. The third kappa shape index (κ3) is 4.01. The summed E-state index contributed by atoms with van der Waals surface area (Å²) in [4.78, 5) is 0. The summed E-state index contributed by atoms with van der Waals surface area (Å²) >= 11 is 0. The number of nitrogens with one attached hydrogen (secondary N) is 1. The molecular weight excluding hydrogens is 272 g/mol. The smallest absolute Gasteiger partial charge is 0.162 e. The van der Waals surface area contributed by atoms with E-state index < -0.39 is 11.6 Å². The molecule has 0 radical (unpaired) electrons. The van der Waals surface area contributed by atoms with Crippen LogP contribution in [0, 0.1) is 11.6 Å². The van der Waals surface area contributed by atoms with Gasteiger partial charge in [-0.1, -0.05) is 19.1 Å². The first-order valence-electron chi connectivity index (χ1n) is 7.81. The summed E-state index contributed by atoms with van der Waals surface area (Å²) in [5, 5.41) is 3.45. The fraction of sp³-hybridized carbons (Fsp3) is 0.647. The lowest BCUT2D eigenvalue weighted by atomic mass is 9.75. The van der Waals surface area contributed by atoms with Gasteiger partial charge in [-0.05, 0) is 56.7 Å².